The molecule has 0 aliphatic heterocycles. The lowest BCUT2D eigenvalue weighted by Gasteiger charge is -2.40. The number of halogens is 2. The van der Waals surface area contributed by atoms with Crippen molar-refractivity contribution in [1.29, 1.82) is 0 Å². The Balaban J connectivity index is 1.66. The van der Waals surface area contributed by atoms with Crippen molar-refractivity contribution in [3.8, 4) is 5.75 Å². The van der Waals surface area contributed by atoms with Crippen molar-refractivity contribution < 1.29 is 13.5 Å². The Labute approximate surface area is 156 Å². The van der Waals surface area contributed by atoms with Gasteiger partial charge in [-0.1, -0.05) is 13.0 Å². The molecule has 2 aliphatic carbocycles. The molecule has 0 radical (unpaired) electrons. The summed E-state index contributed by atoms with van der Waals surface area (Å²) in [6.07, 6.45) is 7.93. The molecule has 26 heavy (non-hydrogen) atoms. The van der Waals surface area contributed by atoms with Gasteiger partial charge < -0.3 is 4.74 Å². The summed E-state index contributed by atoms with van der Waals surface area (Å²) in [5.41, 5.74) is 0.525. The SMILES string of the molecule is C=NC1CCC(C2CCC(c3ccc(OCC)c(F)c3F)C(C)C2)CC1. The van der Waals surface area contributed by atoms with Gasteiger partial charge in [0.15, 0.2) is 11.6 Å². The van der Waals surface area contributed by atoms with Crippen molar-refractivity contribution in [3.63, 3.8) is 0 Å². The lowest BCUT2D eigenvalue weighted by atomic mass is 9.65. The molecular weight excluding hydrogens is 332 g/mol. The number of benzene rings is 1. The normalized spacial score (nSPS) is 32.2. The topological polar surface area (TPSA) is 21.6 Å². The van der Waals surface area contributed by atoms with Crippen LogP contribution in [0, 0.1) is 29.4 Å². The van der Waals surface area contributed by atoms with Gasteiger partial charge >= 0.3 is 0 Å². The largest absolute Gasteiger partial charge is 0.491 e. The van der Waals surface area contributed by atoms with Crippen molar-refractivity contribution in [2.45, 2.75) is 70.8 Å². The molecule has 0 spiro atoms. The maximum atomic E-state index is 14.6. The lowest BCUT2D eigenvalue weighted by molar-refractivity contribution is 0.144. The fourth-order valence-electron chi connectivity index (χ4n) is 5.18. The van der Waals surface area contributed by atoms with Gasteiger partial charge in [-0.3, -0.25) is 4.99 Å². The van der Waals surface area contributed by atoms with E-state index in [0.717, 1.165) is 38.0 Å². The molecule has 2 aliphatic rings. The van der Waals surface area contributed by atoms with Gasteiger partial charge in [-0.15, -0.1) is 0 Å². The fourth-order valence-corrected chi connectivity index (χ4v) is 5.18. The molecule has 0 N–H and O–H groups in total. The first kappa shape index (κ1) is 19.3. The molecule has 3 unspecified atom stereocenters. The molecule has 3 rings (SSSR count). The van der Waals surface area contributed by atoms with Gasteiger partial charge in [-0.2, -0.15) is 4.39 Å². The molecule has 2 nitrogen and oxygen atoms in total. The van der Waals surface area contributed by atoms with E-state index in [9.17, 15) is 8.78 Å². The molecular formula is C22H31F2NO. The van der Waals surface area contributed by atoms with Crippen molar-refractivity contribution in [1.82, 2.24) is 0 Å². The third kappa shape index (κ3) is 3.94. The van der Waals surface area contributed by atoms with Crippen LogP contribution < -0.4 is 4.74 Å². The van der Waals surface area contributed by atoms with E-state index in [2.05, 4.69) is 18.6 Å². The molecule has 144 valence electrons. The van der Waals surface area contributed by atoms with Gasteiger partial charge in [0.2, 0.25) is 5.82 Å². The summed E-state index contributed by atoms with van der Waals surface area (Å²) in [4.78, 5) is 4.19. The van der Waals surface area contributed by atoms with Crippen LogP contribution in [0.4, 0.5) is 8.78 Å². The number of nitrogens with zero attached hydrogens (tertiary/aromatic N) is 1. The summed E-state index contributed by atoms with van der Waals surface area (Å²) in [5, 5.41) is 0. The highest BCUT2D eigenvalue weighted by Gasteiger charge is 2.36. The Morgan fingerprint density at radius 3 is 2.35 bits per heavy atom. The molecule has 3 atom stereocenters. The maximum Gasteiger partial charge on any atom is 0.200 e. The van der Waals surface area contributed by atoms with Crippen LogP contribution in [0.5, 0.6) is 5.75 Å². The predicted octanol–water partition coefficient (Wildman–Crippen LogP) is 6.14. The zero-order valence-electron chi connectivity index (χ0n) is 16.0. The van der Waals surface area contributed by atoms with Gasteiger partial charge in [-0.25, -0.2) is 4.39 Å². The van der Waals surface area contributed by atoms with E-state index in [1.807, 2.05) is 0 Å². The molecule has 0 saturated heterocycles. The number of aliphatic imine (C=N–C) groups is 1. The lowest BCUT2D eigenvalue weighted by Crippen LogP contribution is -2.30. The van der Waals surface area contributed by atoms with Gasteiger partial charge in [0.1, 0.15) is 0 Å². The van der Waals surface area contributed by atoms with E-state index in [1.165, 1.54) is 12.8 Å². The van der Waals surface area contributed by atoms with Gasteiger partial charge in [0.25, 0.3) is 0 Å². The fraction of sp³-hybridized carbons (Fsp3) is 0.682. The first-order valence-electron chi connectivity index (χ1n) is 10.1. The van der Waals surface area contributed by atoms with Crippen LogP contribution in [-0.2, 0) is 0 Å². The molecule has 2 saturated carbocycles. The highest BCUT2D eigenvalue weighted by molar-refractivity contribution is 5.33. The zero-order chi connectivity index (χ0) is 18.7. The van der Waals surface area contributed by atoms with E-state index in [0.29, 0.717) is 30.0 Å². The third-order valence-electron chi connectivity index (χ3n) is 6.65. The number of rotatable bonds is 5. The molecule has 0 bridgehead atoms. The molecule has 0 aromatic heterocycles. The van der Waals surface area contributed by atoms with E-state index in [1.54, 1.807) is 19.1 Å². The first-order valence-corrected chi connectivity index (χ1v) is 10.1. The molecule has 1 aromatic rings. The Kier molecular flexibility index (Phi) is 6.31. The monoisotopic (exact) mass is 363 g/mol. The third-order valence-corrected chi connectivity index (χ3v) is 6.65. The Bertz CT molecular complexity index is 625. The Morgan fingerprint density at radius 2 is 1.73 bits per heavy atom. The average molecular weight is 363 g/mol. The van der Waals surface area contributed by atoms with Crippen LogP contribution in [0.15, 0.2) is 17.1 Å². The minimum Gasteiger partial charge on any atom is -0.491 e. The Morgan fingerprint density at radius 1 is 1.04 bits per heavy atom. The molecule has 4 heteroatoms. The number of hydrogen-bond donors (Lipinski definition) is 0. The number of ether oxygens (including phenoxy) is 1. The average Bonchev–Trinajstić information content (AvgIpc) is 2.66. The highest BCUT2D eigenvalue weighted by Crippen LogP contribution is 2.47. The van der Waals surface area contributed by atoms with E-state index in [-0.39, 0.29) is 11.7 Å². The zero-order valence-corrected chi connectivity index (χ0v) is 16.0. The van der Waals surface area contributed by atoms with Crippen LogP contribution in [0.3, 0.4) is 0 Å². The Hall–Kier alpha value is -1.45. The molecule has 0 amide bonds. The first-order chi connectivity index (χ1) is 12.5. The minimum atomic E-state index is -0.839. The van der Waals surface area contributed by atoms with Gasteiger partial charge in [0.05, 0.1) is 6.61 Å². The number of hydrogen-bond acceptors (Lipinski definition) is 2. The van der Waals surface area contributed by atoms with Gasteiger partial charge in [-0.05, 0) is 93.9 Å². The van der Waals surface area contributed by atoms with E-state index in [4.69, 9.17) is 4.74 Å². The summed E-state index contributed by atoms with van der Waals surface area (Å²) < 4.78 is 34.0. The summed E-state index contributed by atoms with van der Waals surface area (Å²) in [6.45, 7) is 7.99. The predicted molar refractivity (Wildman–Crippen MR) is 102 cm³/mol. The van der Waals surface area contributed by atoms with Crippen LogP contribution >= 0.6 is 0 Å². The standard InChI is InChI=1S/C22H31F2NO/c1-4-26-20-12-11-19(21(23)22(20)24)18-10-7-16(13-14(18)2)15-5-8-17(25-3)9-6-15/h11-12,14-18H,3-10,13H2,1-2H3. The molecule has 0 heterocycles. The van der Waals surface area contributed by atoms with Crippen LogP contribution in [0.25, 0.3) is 0 Å². The summed E-state index contributed by atoms with van der Waals surface area (Å²) in [6, 6.07) is 3.76. The van der Waals surface area contributed by atoms with Crippen LogP contribution in [0.2, 0.25) is 0 Å². The quantitative estimate of drug-likeness (QED) is 0.576. The second kappa shape index (κ2) is 8.49. The molecule has 2 fully saturated rings. The summed E-state index contributed by atoms with van der Waals surface area (Å²) in [7, 11) is 0. The van der Waals surface area contributed by atoms with Crippen molar-refractivity contribution >= 4 is 6.72 Å². The maximum absolute atomic E-state index is 14.6. The minimum absolute atomic E-state index is 0.0164. The van der Waals surface area contributed by atoms with Crippen molar-refractivity contribution in [3.05, 3.63) is 29.3 Å². The van der Waals surface area contributed by atoms with Crippen LogP contribution in [0.1, 0.15) is 70.3 Å². The highest BCUT2D eigenvalue weighted by atomic mass is 19.2. The van der Waals surface area contributed by atoms with Crippen molar-refractivity contribution in [2.24, 2.45) is 22.7 Å². The van der Waals surface area contributed by atoms with E-state index >= 15 is 0 Å². The van der Waals surface area contributed by atoms with Crippen LogP contribution in [-0.4, -0.2) is 19.4 Å². The second-order valence-electron chi connectivity index (χ2n) is 8.12. The smallest absolute Gasteiger partial charge is 0.200 e. The second-order valence-corrected chi connectivity index (χ2v) is 8.12. The molecule has 1 aromatic carbocycles. The van der Waals surface area contributed by atoms with Crippen molar-refractivity contribution in [2.75, 3.05) is 6.61 Å². The van der Waals surface area contributed by atoms with Gasteiger partial charge in [0, 0.05) is 6.04 Å². The summed E-state index contributed by atoms with van der Waals surface area (Å²) >= 11 is 0. The van der Waals surface area contributed by atoms with E-state index < -0.39 is 11.6 Å². The summed E-state index contributed by atoms with van der Waals surface area (Å²) in [5.74, 6) is 0.403.